The molecule has 2 bridgehead atoms. The molecule has 7 rings (SSSR count). The van der Waals surface area contributed by atoms with Crippen LogP contribution in [-0.4, -0.2) is 80.2 Å². The van der Waals surface area contributed by atoms with Gasteiger partial charge in [-0.05, 0) is 86.4 Å². The van der Waals surface area contributed by atoms with Gasteiger partial charge in [-0.15, -0.1) is 6.58 Å². The van der Waals surface area contributed by atoms with Crippen LogP contribution < -0.4 is 5.32 Å². The van der Waals surface area contributed by atoms with E-state index >= 15 is 0 Å². The van der Waals surface area contributed by atoms with Crippen LogP contribution in [0.4, 0.5) is 5.82 Å². The maximum absolute atomic E-state index is 13.8. The lowest BCUT2D eigenvalue weighted by Crippen LogP contribution is -2.63. The van der Waals surface area contributed by atoms with E-state index in [2.05, 4.69) is 76.8 Å². The van der Waals surface area contributed by atoms with E-state index in [0.29, 0.717) is 40.8 Å². The highest BCUT2D eigenvalue weighted by Gasteiger charge is 2.68. The molecule has 10 nitrogen and oxygen atoms in total. The predicted octanol–water partition coefficient (Wildman–Crippen LogP) is 6.77. The molecule has 52 heavy (non-hydrogen) atoms. The number of aromatic amines is 1. The molecule has 1 aromatic carbocycles. The molecule has 0 radical (unpaired) electrons. The summed E-state index contributed by atoms with van der Waals surface area (Å²) in [7, 11) is 0. The molecule has 8 atom stereocenters. The third-order valence-corrected chi connectivity index (χ3v) is 14.6. The fourth-order valence-corrected chi connectivity index (χ4v) is 11.0. The summed E-state index contributed by atoms with van der Waals surface area (Å²) in [5.41, 5.74) is 0.300. The van der Waals surface area contributed by atoms with Crippen LogP contribution in [0.5, 0.6) is 0 Å². The lowest BCUT2D eigenvalue weighted by Gasteiger charge is -2.61. The molecule has 3 aromatic rings. The summed E-state index contributed by atoms with van der Waals surface area (Å²) in [6.07, 6.45) is 7.69. The quantitative estimate of drug-likeness (QED) is 0.0944. The molecule has 4 aliphatic rings. The van der Waals surface area contributed by atoms with Crippen LogP contribution >= 0.6 is 11.8 Å². The van der Waals surface area contributed by atoms with Crippen LogP contribution in [0.25, 0.3) is 11.0 Å². The van der Waals surface area contributed by atoms with Gasteiger partial charge in [-0.3, -0.25) is 19.3 Å². The van der Waals surface area contributed by atoms with Crippen molar-refractivity contribution in [2.75, 3.05) is 30.7 Å². The van der Waals surface area contributed by atoms with E-state index in [4.69, 9.17) is 4.74 Å². The Hall–Kier alpha value is -3.54. The summed E-state index contributed by atoms with van der Waals surface area (Å²) < 4.78 is 6.42. The Kier molecular flexibility index (Phi) is 10.2. The van der Waals surface area contributed by atoms with Crippen LogP contribution in [0.3, 0.4) is 0 Å². The van der Waals surface area contributed by atoms with Gasteiger partial charge in [0.05, 0.1) is 23.8 Å². The summed E-state index contributed by atoms with van der Waals surface area (Å²) in [6, 6.07) is 12.4. The first-order valence-corrected chi connectivity index (χ1v) is 20.0. The van der Waals surface area contributed by atoms with Crippen molar-refractivity contribution in [2.24, 2.45) is 34.0 Å². The number of carbonyl (C=O) groups is 3. The number of fused-ring (bicyclic) bond motifs is 1. The molecule has 1 saturated heterocycles. The molecule has 3 heterocycles. The predicted molar refractivity (Wildman–Crippen MR) is 203 cm³/mol. The number of aliphatic hydroxyl groups excluding tert-OH is 1. The van der Waals surface area contributed by atoms with Crippen LogP contribution in [0.15, 0.2) is 60.4 Å². The van der Waals surface area contributed by atoms with E-state index in [1.807, 2.05) is 25.1 Å². The Labute approximate surface area is 311 Å². The average Bonchev–Trinajstić information content (AvgIpc) is 3.77. The molecule has 2 aromatic heterocycles. The minimum Gasteiger partial charge on any atom is -0.461 e. The largest absolute Gasteiger partial charge is 0.461 e. The van der Waals surface area contributed by atoms with Crippen molar-refractivity contribution in [1.82, 2.24) is 19.9 Å². The Morgan fingerprint density at radius 1 is 1.12 bits per heavy atom. The number of Topliss-reactive ketones (excluding diaryl/α,β-unsaturated/α-hetero) is 1. The van der Waals surface area contributed by atoms with Crippen LogP contribution in [0.1, 0.15) is 84.1 Å². The fourth-order valence-electron chi connectivity index (χ4n) is 10.4. The van der Waals surface area contributed by atoms with Gasteiger partial charge in [0.15, 0.2) is 5.16 Å². The number of anilines is 1. The molecule has 3 aliphatic carbocycles. The number of aromatic nitrogens is 3. The second kappa shape index (κ2) is 14.4. The summed E-state index contributed by atoms with van der Waals surface area (Å²) in [5.74, 6) is 0.280. The number of rotatable bonds is 9. The summed E-state index contributed by atoms with van der Waals surface area (Å²) in [6.45, 7) is 14.5. The van der Waals surface area contributed by atoms with E-state index in [1.54, 1.807) is 6.20 Å². The first-order valence-electron chi connectivity index (χ1n) is 19.0. The van der Waals surface area contributed by atoms with Crippen LogP contribution in [0.2, 0.25) is 0 Å². The molecule has 3 saturated carbocycles. The van der Waals surface area contributed by atoms with Crippen molar-refractivity contribution in [1.29, 1.82) is 0 Å². The maximum Gasteiger partial charge on any atom is 0.316 e. The number of aliphatic hydroxyl groups is 1. The number of H-pyrrole nitrogens is 1. The van der Waals surface area contributed by atoms with Gasteiger partial charge in [0.25, 0.3) is 0 Å². The highest BCUT2D eigenvalue weighted by Crippen LogP contribution is 2.68. The normalized spacial score (nSPS) is 33.9. The SMILES string of the molecule is C=C[C@]1(C)C[C@@H](OC(=O)CSc2nc(NC(=O)CN3CCC(c4ccccc4)CC3)c3cc[nH]c3n2)[C@]2(C)[C@H](C)CC[C@]3(CCC(=O)[C@H]32)[C@@H](C)[C@@H]1O. The second-order valence-electron chi connectivity index (χ2n) is 16.5. The van der Waals surface area contributed by atoms with E-state index < -0.39 is 29.0 Å². The number of amides is 1. The van der Waals surface area contributed by atoms with Crippen molar-refractivity contribution in [3.05, 3.63) is 60.8 Å². The van der Waals surface area contributed by atoms with Gasteiger partial charge in [-0.2, -0.15) is 0 Å². The Morgan fingerprint density at radius 3 is 2.60 bits per heavy atom. The van der Waals surface area contributed by atoms with Gasteiger partial charge >= 0.3 is 5.97 Å². The molecule has 0 unspecified atom stereocenters. The molecule has 11 heteroatoms. The Bertz CT molecular complexity index is 1830. The number of benzene rings is 1. The zero-order valence-electron chi connectivity index (χ0n) is 30.9. The first kappa shape index (κ1) is 36.8. The number of nitrogens with zero attached hydrogens (tertiary/aromatic N) is 3. The summed E-state index contributed by atoms with van der Waals surface area (Å²) >= 11 is 1.15. The molecular formula is C41H53N5O5S. The average molecular weight is 728 g/mol. The van der Waals surface area contributed by atoms with Crippen molar-refractivity contribution in [3.8, 4) is 0 Å². The summed E-state index contributed by atoms with van der Waals surface area (Å²) in [4.78, 5) is 55.3. The molecular weight excluding hydrogens is 675 g/mol. The van der Waals surface area contributed by atoms with Gasteiger partial charge in [-0.1, -0.05) is 75.9 Å². The molecule has 4 fully saturated rings. The van der Waals surface area contributed by atoms with Gasteiger partial charge in [-0.25, -0.2) is 9.97 Å². The van der Waals surface area contributed by atoms with Gasteiger partial charge in [0.1, 0.15) is 23.4 Å². The van der Waals surface area contributed by atoms with Crippen molar-refractivity contribution < 1.29 is 24.2 Å². The minimum atomic E-state index is -0.720. The smallest absolute Gasteiger partial charge is 0.316 e. The Balaban J connectivity index is 1.04. The van der Waals surface area contributed by atoms with Crippen LogP contribution in [0, 0.1) is 34.0 Å². The first-order chi connectivity index (χ1) is 24.9. The van der Waals surface area contributed by atoms with E-state index in [-0.39, 0.29) is 47.2 Å². The number of carbonyl (C=O) groups excluding carboxylic acids is 3. The van der Waals surface area contributed by atoms with Crippen molar-refractivity contribution in [3.63, 3.8) is 0 Å². The third-order valence-electron chi connectivity index (χ3n) is 13.8. The van der Waals surface area contributed by atoms with E-state index in [9.17, 15) is 19.5 Å². The number of thioether (sulfide) groups is 1. The van der Waals surface area contributed by atoms with E-state index in [0.717, 1.165) is 57.0 Å². The van der Waals surface area contributed by atoms with Gasteiger partial charge < -0.3 is 20.1 Å². The minimum absolute atomic E-state index is 0.0512. The zero-order chi connectivity index (χ0) is 36.8. The number of likely N-dealkylation sites (tertiary alicyclic amines) is 1. The molecule has 1 amide bonds. The van der Waals surface area contributed by atoms with E-state index in [1.165, 1.54) is 5.56 Å². The van der Waals surface area contributed by atoms with Gasteiger partial charge in [0.2, 0.25) is 5.91 Å². The van der Waals surface area contributed by atoms with Gasteiger partial charge in [0, 0.05) is 29.4 Å². The van der Waals surface area contributed by atoms with Crippen molar-refractivity contribution >= 4 is 46.3 Å². The number of esters is 1. The fraction of sp³-hybridized carbons (Fsp3) is 0.585. The zero-order valence-corrected chi connectivity index (χ0v) is 31.7. The highest BCUT2D eigenvalue weighted by atomic mass is 32.2. The maximum atomic E-state index is 13.8. The Morgan fingerprint density at radius 2 is 1.87 bits per heavy atom. The lowest BCUT2D eigenvalue weighted by atomic mass is 9.44. The van der Waals surface area contributed by atoms with Crippen molar-refractivity contribution in [2.45, 2.75) is 95.9 Å². The highest BCUT2D eigenvalue weighted by molar-refractivity contribution is 7.99. The third kappa shape index (κ3) is 6.51. The molecule has 1 aliphatic heterocycles. The summed E-state index contributed by atoms with van der Waals surface area (Å²) in [5, 5.41) is 15.9. The number of piperidine rings is 1. The standard InChI is InChI=1S/C41H53N5O5S/c1-6-39(4)22-31(40(5)25(2)12-17-41(26(3)35(39)50)18-13-30(47)34(40)41)51-33(49)24-52-38-44-36-29(14-19-42-36)37(45-38)43-32(48)23-46-20-15-28(16-21-46)27-10-8-7-9-11-27/h6-11,14,19,25-26,28,31,34-35,50H,1,12-13,15-18,20-24H2,2-5H3,(H2,42,43,44,45,48)/t25-,26+,31-,34+,35+,39-,40+,41+/m1/s1. The number of hydrogen-bond donors (Lipinski definition) is 3. The number of hydrogen-bond acceptors (Lipinski definition) is 9. The second-order valence-corrected chi connectivity index (χ2v) is 17.4. The number of ketones is 1. The topological polar surface area (TPSA) is 138 Å². The number of nitrogens with one attached hydrogen (secondary N) is 2. The lowest BCUT2D eigenvalue weighted by molar-refractivity contribution is -0.205. The molecule has 0 spiro atoms. The molecule has 278 valence electrons. The number of ether oxygens (including phenoxy) is 1. The van der Waals surface area contributed by atoms with Crippen LogP contribution in [-0.2, 0) is 19.1 Å². The molecule has 3 N–H and O–H groups in total. The monoisotopic (exact) mass is 727 g/mol.